The minimum Gasteiger partial charge on any atom is -0.429 e. The molecule has 4 aromatic rings. The van der Waals surface area contributed by atoms with Gasteiger partial charge in [-0.1, -0.05) is 56.8 Å². The molecule has 0 radical (unpaired) electrons. The molecule has 0 saturated carbocycles. The highest BCUT2D eigenvalue weighted by Gasteiger charge is 2.26. The highest BCUT2D eigenvalue weighted by molar-refractivity contribution is 7.71. The lowest BCUT2D eigenvalue weighted by molar-refractivity contribution is 0.413. The predicted octanol–water partition coefficient (Wildman–Crippen LogP) is 7.72. The summed E-state index contributed by atoms with van der Waals surface area (Å²) in [6, 6.07) is 8.79. The second kappa shape index (κ2) is 11.8. The van der Waals surface area contributed by atoms with Crippen LogP contribution in [0.2, 0.25) is 10.0 Å². The van der Waals surface area contributed by atoms with E-state index in [2.05, 4.69) is 36.0 Å². The number of halogens is 2. The molecule has 2 N–H and O–H groups in total. The van der Waals surface area contributed by atoms with Gasteiger partial charge in [0.05, 0.1) is 5.52 Å². The van der Waals surface area contributed by atoms with Crippen LogP contribution in [0, 0.1) is 4.84 Å². The van der Waals surface area contributed by atoms with E-state index in [-0.39, 0.29) is 0 Å². The molecule has 188 valence electrons. The quantitative estimate of drug-likeness (QED) is 0.246. The van der Waals surface area contributed by atoms with E-state index in [9.17, 15) is 0 Å². The number of aryl methyl sites for hydroxylation is 2. The summed E-state index contributed by atoms with van der Waals surface area (Å²) in [5, 5.41) is 4.91. The maximum absolute atomic E-state index is 6.19. The summed E-state index contributed by atoms with van der Waals surface area (Å²) >= 11 is 17.0. The standard InChI is InChI=1S/C17H24ClN3O.C9H8ClNOS/c1-3-5-6-14-11-19-7-8-21(14)17-20-15-10-13(18)9-12(4-2)16(15)22-17;1-2-5-3-6(10)4-7-8(5)12-9(13)11-7/h9-10,14,19H,3-8,11H2,1-2H3;3-4H,2H2,1H3,(H,11,13)/t14-;/m0./s1. The molecule has 0 bridgehead atoms. The second-order valence-corrected chi connectivity index (χ2v) is 10.0. The number of nitrogens with zero attached hydrogens (tertiary/aromatic N) is 2. The first-order valence-electron chi connectivity index (χ1n) is 12.3. The zero-order chi connectivity index (χ0) is 24.9. The fraction of sp³-hybridized carbons (Fsp3) is 0.462. The van der Waals surface area contributed by atoms with Gasteiger partial charge in [-0.25, -0.2) is 0 Å². The Bertz CT molecular complexity index is 1350. The Morgan fingerprint density at radius 3 is 2.46 bits per heavy atom. The molecule has 2 aromatic heterocycles. The topological polar surface area (TPSA) is 70.2 Å². The third-order valence-electron chi connectivity index (χ3n) is 6.33. The zero-order valence-corrected chi connectivity index (χ0v) is 22.7. The van der Waals surface area contributed by atoms with Crippen molar-refractivity contribution in [2.45, 2.75) is 58.9 Å². The number of nitrogens with one attached hydrogen (secondary N) is 2. The van der Waals surface area contributed by atoms with Crippen LogP contribution in [-0.2, 0) is 12.8 Å². The monoisotopic (exact) mass is 534 g/mol. The molecule has 5 rings (SSSR count). The van der Waals surface area contributed by atoms with Gasteiger partial charge in [0.15, 0.2) is 11.2 Å². The SMILES string of the molecule is CCCC[C@H]1CNCCN1c1nc2cc(Cl)cc(CC)c2o1.CCc1cc(Cl)cc2[nH]c(=S)oc12. The number of rotatable bonds is 6. The minimum atomic E-state index is 0.395. The zero-order valence-electron chi connectivity index (χ0n) is 20.4. The Kier molecular flexibility index (Phi) is 8.76. The van der Waals surface area contributed by atoms with Gasteiger partial charge in [-0.05, 0) is 66.9 Å². The number of anilines is 1. The van der Waals surface area contributed by atoms with Crippen molar-refractivity contribution in [3.63, 3.8) is 0 Å². The third kappa shape index (κ3) is 6.02. The Morgan fingerprint density at radius 1 is 1.03 bits per heavy atom. The van der Waals surface area contributed by atoms with Crippen molar-refractivity contribution in [3.05, 3.63) is 50.3 Å². The number of aromatic amines is 1. The number of hydrogen-bond donors (Lipinski definition) is 2. The summed E-state index contributed by atoms with van der Waals surface area (Å²) in [5.74, 6) is 0. The molecular formula is C26H32Cl2N4O2S. The molecule has 1 aliphatic rings. The van der Waals surface area contributed by atoms with Crippen molar-refractivity contribution in [3.8, 4) is 0 Å². The average molecular weight is 536 g/mol. The van der Waals surface area contributed by atoms with E-state index in [0.717, 1.165) is 76.8 Å². The number of hydrogen-bond acceptors (Lipinski definition) is 6. The number of aromatic nitrogens is 2. The van der Waals surface area contributed by atoms with Crippen LogP contribution in [0.4, 0.5) is 6.01 Å². The molecule has 9 heteroatoms. The van der Waals surface area contributed by atoms with E-state index in [4.69, 9.17) is 49.2 Å². The maximum atomic E-state index is 6.19. The molecule has 0 aliphatic carbocycles. The third-order valence-corrected chi connectivity index (χ3v) is 6.95. The van der Waals surface area contributed by atoms with E-state index in [1.165, 1.54) is 19.3 Å². The molecule has 2 aromatic carbocycles. The van der Waals surface area contributed by atoms with Crippen molar-refractivity contribution in [1.29, 1.82) is 0 Å². The van der Waals surface area contributed by atoms with Crippen LogP contribution in [-0.4, -0.2) is 35.6 Å². The molecule has 35 heavy (non-hydrogen) atoms. The first kappa shape index (κ1) is 26.0. The fourth-order valence-corrected chi connectivity index (χ4v) is 5.17. The summed E-state index contributed by atoms with van der Waals surface area (Å²) in [6.45, 7) is 9.31. The van der Waals surface area contributed by atoms with E-state index in [0.29, 0.717) is 15.9 Å². The summed E-state index contributed by atoms with van der Waals surface area (Å²) in [6.07, 6.45) is 5.39. The number of oxazole rings is 2. The van der Waals surface area contributed by atoms with E-state index < -0.39 is 0 Å². The van der Waals surface area contributed by atoms with E-state index in [1.54, 1.807) is 0 Å². The van der Waals surface area contributed by atoms with Crippen LogP contribution in [0.25, 0.3) is 22.2 Å². The highest BCUT2D eigenvalue weighted by Crippen LogP contribution is 2.30. The summed E-state index contributed by atoms with van der Waals surface area (Å²) < 4.78 is 11.5. The van der Waals surface area contributed by atoms with Crippen molar-refractivity contribution < 1.29 is 8.83 Å². The highest BCUT2D eigenvalue weighted by atomic mass is 35.5. The van der Waals surface area contributed by atoms with Gasteiger partial charge in [-0.2, -0.15) is 4.98 Å². The Morgan fingerprint density at radius 2 is 1.74 bits per heavy atom. The normalized spacial score (nSPS) is 16.0. The number of piperazine rings is 1. The van der Waals surface area contributed by atoms with Crippen molar-refractivity contribution in [2.24, 2.45) is 0 Å². The van der Waals surface area contributed by atoms with Crippen LogP contribution in [0.3, 0.4) is 0 Å². The van der Waals surface area contributed by atoms with E-state index in [1.807, 2.05) is 24.3 Å². The summed E-state index contributed by atoms with van der Waals surface area (Å²) in [7, 11) is 0. The molecule has 0 spiro atoms. The van der Waals surface area contributed by atoms with Crippen LogP contribution in [0.1, 0.15) is 51.2 Å². The smallest absolute Gasteiger partial charge is 0.298 e. The number of fused-ring (bicyclic) bond motifs is 2. The second-order valence-electron chi connectivity index (χ2n) is 8.77. The fourth-order valence-electron chi connectivity index (χ4n) is 4.50. The lowest BCUT2D eigenvalue weighted by Crippen LogP contribution is -2.51. The molecule has 1 aliphatic heterocycles. The van der Waals surface area contributed by atoms with Gasteiger partial charge >= 0.3 is 0 Å². The van der Waals surface area contributed by atoms with Gasteiger partial charge in [0.2, 0.25) is 0 Å². The number of benzene rings is 2. The average Bonchev–Trinajstić information content (AvgIpc) is 3.44. The molecule has 1 atom stereocenters. The lowest BCUT2D eigenvalue weighted by Gasteiger charge is -2.35. The number of unbranched alkanes of at least 4 members (excludes halogenated alkanes) is 1. The van der Waals surface area contributed by atoms with Gasteiger partial charge in [0, 0.05) is 35.7 Å². The Balaban J connectivity index is 0.000000189. The minimum absolute atomic E-state index is 0.395. The molecular weight excluding hydrogens is 503 g/mol. The first-order chi connectivity index (χ1) is 16.9. The van der Waals surface area contributed by atoms with Crippen LogP contribution >= 0.6 is 35.4 Å². The van der Waals surface area contributed by atoms with Crippen LogP contribution in [0.5, 0.6) is 0 Å². The van der Waals surface area contributed by atoms with Gasteiger partial charge in [-0.15, -0.1) is 0 Å². The molecule has 0 unspecified atom stereocenters. The number of H-pyrrole nitrogens is 1. The maximum Gasteiger partial charge on any atom is 0.298 e. The lowest BCUT2D eigenvalue weighted by atomic mass is 10.1. The van der Waals surface area contributed by atoms with Gasteiger partial charge in [0.25, 0.3) is 10.9 Å². The molecule has 0 amide bonds. The molecule has 3 heterocycles. The molecule has 6 nitrogen and oxygen atoms in total. The van der Waals surface area contributed by atoms with Gasteiger partial charge < -0.3 is 24.0 Å². The van der Waals surface area contributed by atoms with Crippen LogP contribution in [0.15, 0.2) is 33.1 Å². The Hall–Kier alpha value is -2.06. The van der Waals surface area contributed by atoms with E-state index >= 15 is 0 Å². The molecule has 1 saturated heterocycles. The summed E-state index contributed by atoms with van der Waals surface area (Å²) in [4.78, 5) is 10.4. The molecule has 1 fully saturated rings. The van der Waals surface area contributed by atoms with Crippen molar-refractivity contribution in [2.75, 3.05) is 24.5 Å². The first-order valence-corrected chi connectivity index (χ1v) is 13.5. The predicted molar refractivity (Wildman–Crippen MR) is 148 cm³/mol. The van der Waals surface area contributed by atoms with Crippen molar-refractivity contribution in [1.82, 2.24) is 15.3 Å². The summed E-state index contributed by atoms with van der Waals surface area (Å²) in [5.41, 5.74) is 5.64. The largest absolute Gasteiger partial charge is 0.429 e. The Labute approximate surface area is 221 Å². The van der Waals surface area contributed by atoms with Crippen molar-refractivity contribution >= 4 is 63.6 Å². The van der Waals surface area contributed by atoms with Gasteiger partial charge in [0.1, 0.15) is 5.52 Å². The van der Waals surface area contributed by atoms with Crippen LogP contribution < -0.4 is 10.2 Å². The van der Waals surface area contributed by atoms with Gasteiger partial charge in [-0.3, -0.25) is 0 Å².